The molecule has 0 heterocycles. The van der Waals surface area contributed by atoms with Crippen LogP contribution in [0.25, 0.3) is 0 Å². The van der Waals surface area contributed by atoms with Gasteiger partial charge in [0.15, 0.2) is 0 Å². The molecule has 34 heavy (non-hydrogen) atoms. The first-order valence-electron chi connectivity index (χ1n) is 11.3. The van der Waals surface area contributed by atoms with Gasteiger partial charge in [-0.05, 0) is 52.0 Å². The molecule has 0 saturated carbocycles. The number of thiocarbonyl (C=S) groups is 2. The molecule has 0 bridgehead atoms. The fourth-order valence-electron chi connectivity index (χ4n) is 1.96. The van der Waals surface area contributed by atoms with Crippen molar-refractivity contribution >= 4 is 112 Å². The molecule has 4 nitrogen and oxygen atoms in total. The van der Waals surface area contributed by atoms with Crippen LogP contribution in [0.1, 0.15) is 67.2 Å². The zero-order chi connectivity index (χ0) is 26.0. The summed E-state index contributed by atoms with van der Waals surface area (Å²) >= 11 is 16.8. The van der Waals surface area contributed by atoms with Gasteiger partial charge in [0.25, 0.3) is 0 Å². The Hall–Kier alpha value is 1.22. The van der Waals surface area contributed by atoms with Crippen LogP contribution >= 0.6 is 93.1 Å². The van der Waals surface area contributed by atoms with Gasteiger partial charge < -0.3 is 9.47 Å². The van der Waals surface area contributed by atoms with Gasteiger partial charge in [0, 0.05) is 11.5 Å². The van der Waals surface area contributed by atoms with Crippen LogP contribution in [0.2, 0.25) is 0 Å². The number of ether oxygens (including phenoxy) is 2. The van der Waals surface area contributed by atoms with Crippen LogP contribution in [0.4, 0.5) is 0 Å². The number of unbranched alkanes of at least 4 members (excludes halogenated alkanes) is 2. The highest BCUT2D eigenvalue weighted by molar-refractivity contribution is 8.76. The number of hydrogen-bond acceptors (Lipinski definition) is 12. The molecule has 0 aliphatic carbocycles. The summed E-state index contributed by atoms with van der Waals surface area (Å²) in [6, 6.07) is 0. The minimum Gasteiger partial charge on any atom is -0.464 e. The maximum atomic E-state index is 12.4. The Morgan fingerprint density at radius 3 is 1.35 bits per heavy atom. The Bertz CT molecular complexity index is 586. The van der Waals surface area contributed by atoms with Gasteiger partial charge in [-0.2, -0.15) is 0 Å². The van der Waals surface area contributed by atoms with Crippen LogP contribution in [0, 0.1) is 0 Å². The monoisotopic (exact) mass is 622 g/mol. The first-order valence-corrected chi connectivity index (χ1v) is 18.2. The van der Waals surface area contributed by atoms with Crippen LogP contribution < -0.4 is 0 Å². The van der Waals surface area contributed by atoms with Gasteiger partial charge in [-0.1, -0.05) is 96.2 Å². The first kappa shape index (κ1) is 35.2. The molecule has 0 aliphatic heterocycles. The van der Waals surface area contributed by atoms with E-state index in [9.17, 15) is 9.59 Å². The molecule has 0 saturated heterocycles. The van der Waals surface area contributed by atoms with E-state index in [2.05, 4.69) is 13.8 Å². The van der Waals surface area contributed by atoms with Crippen LogP contribution in [0.3, 0.4) is 0 Å². The summed E-state index contributed by atoms with van der Waals surface area (Å²) in [6.45, 7) is 12.4. The standard InChI is InChI=1S/C22H38O4S8/c1-7-9-13-29-19(27)33-21(3,4)17(23)25-11-15-31-32-16-12-26-18(24)22(5,6)34-20(28)30-14-10-8-2/h7-16H2,1-6H3. The molecule has 0 amide bonds. The lowest BCUT2D eigenvalue weighted by atomic mass is 10.2. The van der Waals surface area contributed by atoms with E-state index >= 15 is 0 Å². The zero-order valence-corrected chi connectivity index (χ0v) is 27.5. The van der Waals surface area contributed by atoms with Crippen molar-refractivity contribution in [2.24, 2.45) is 0 Å². The molecule has 0 atom stereocenters. The molecular weight excluding hydrogens is 585 g/mol. The number of thioether (sulfide) groups is 4. The molecule has 0 spiro atoms. The summed E-state index contributed by atoms with van der Waals surface area (Å²) in [4.78, 5) is 24.8. The lowest BCUT2D eigenvalue weighted by Crippen LogP contribution is -2.31. The Morgan fingerprint density at radius 2 is 1.03 bits per heavy atom. The molecular formula is C22H38O4S8. The molecule has 0 radical (unpaired) electrons. The second-order valence-corrected chi connectivity index (χ2v) is 18.6. The molecule has 0 rings (SSSR count). The summed E-state index contributed by atoms with van der Waals surface area (Å²) in [5, 5.41) is 0. The molecule has 0 aromatic rings. The minimum atomic E-state index is -0.691. The Labute approximate surface area is 242 Å². The Morgan fingerprint density at radius 1 is 0.676 bits per heavy atom. The van der Waals surface area contributed by atoms with Crippen molar-refractivity contribution in [3.8, 4) is 0 Å². The topological polar surface area (TPSA) is 52.6 Å². The minimum absolute atomic E-state index is 0.249. The third-order valence-electron chi connectivity index (χ3n) is 3.98. The van der Waals surface area contributed by atoms with Crippen molar-refractivity contribution in [1.82, 2.24) is 0 Å². The molecule has 0 fully saturated rings. The highest BCUT2D eigenvalue weighted by Crippen LogP contribution is 2.33. The highest BCUT2D eigenvalue weighted by atomic mass is 33.1. The van der Waals surface area contributed by atoms with Gasteiger partial charge in [-0.15, -0.1) is 23.5 Å². The summed E-state index contributed by atoms with van der Waals surface area (Å²) in [6.07, 6.45) is 4.50. The number of esters is 2. The van der Waals surface area contributed by atoms with Gasteiger partial charge in [0.05, 0.1) is 0 Å². The van der Waals surface area contributed by atoms with Crippen molar-refractivity contribution < 1.29 is 19.1 Å². The summed E-state index contributed by atoms with van der Waals surface area (Å²) in [5.74, 6) is 2.82. The van der Waals surface area contributed by atoms with Crippen molar-refractivity contribution in [1.29, 1.82) is 0 Å². The molecule has 0 aromatic carbocycles. The predicted molar refractivity (Wildman–Crippen MR) is 170 cm³/mol. The number of hydrogen-bond donors (Lipinski definition) is 0. The Kier molecular flexibility index (Phi) is 20.9. The second-order valence-electron chi connectivity index (χ2n) is 8.04. The van der Waals surface area contributed by atoms with E-state index in [4.69, 9.17) is 33.9 Å². The van der Waals surface area contributed by atoms with E-state index in [1.165, 1.54) is 23.5 Å². The Balaban J connectivity index is 3.97. The highest BCUT2D eigenvalue weighted by Gasteiger charge is 2.32. The fraction of sp³-hybridized carbons (Fsp3) is 0.818. The van der Waals surface area contributed by atoms with E-state index in [0.717, 1.165) is 44.2 Å². The first-order chi connectivity index (χ1) is 16.0. The lowest BCUT2D eigenvalue weighted by Gasteiger charge is -2.22. The van der Waals surface area contributed by atoms with E-state index in [-0.39, 0.29) is 11.9 Å². The van der Waals surface area contributed by atoms with Crippen LogP contribution in [-0.2, 0) is 19.1 Å². The number of rotatable bonds is 17. The maximum absolute atomic E-state index is 12.4. The van der Waals surface area contributed by atoms with Crippen molar-refractivity contribution in [3.63, 3.8) is 0 Å². The van der Waals surface area contributed by atoms with E-state index in [1.807, 2.05) is 27.7 Å². The molecule has 0 unspecified atom stereocenters. The average Bonchev–Trinajstić information content (AvgIpc) is 2.74. The number of carbonyl (C=O) groups excluding carboxylic acids is 2. The van der Waals surface area contributed by atoms with Gasteiger partial charge in [-0.25, -0.2) is 0 Å². The van der Waals surface area contributed by atoms with Crippen LogP contribution in [0.5, 0.6) is 0 Å². The van der Waals surface area contributed by atoms with Crippen LogP contribution in [-0.4, -0.2) is 64.7 Å². The largest absolute Gasteiger partial charge is 0.464 e. The molecule has 12 heteroatoms. The quantitative estimate of drug-likeness (QED) is 0.0681. The zero-order valence-electron chi connectivity index (χ0n) is 21.0. The third-order valence-corrected chi connectivity index (χ3v) is 11.9. The normalized spacial score (nSPS) is 11.8. The van der Waals surface area contributed by atoms with Gasteiger partial charge >= 0.3 is 11.9 Å². The van der Waals surface area contributed by atoms with Gasteiger partial charge in [0.2, 0.25) is 0 Å². The summed E-state index contributed by atoms with van der Waals surface area (Å²) < 4.78 is 11.0. The van der Waals surface area contributed by atoms with E-state index in [1.54, 1.807) is 45.1 Å². The SMILES string of the molecule is CCCCSC(=S)SC(C)(C)C(=O)OCCSSCCOC(=O)C(C)(C)SC(=S)SCCCC. The van der Waals surface area contributed by atoms with E-state index in [0.29, 0.717) is 24.7 Å². The molecule has 0 N–H and O–H groups in total. The molecule has 0 aliphatic rings. The average molecular weight is 623 g/mol. The molecule has 198 valence electrons. The predicted octanol–water partition coefficient (Wildman–Crippen LogP) is 8.11. The number of carbonyl (C=O) groups is 2. The van der Waals surface area contributed by atoms with E-state index < -0.39 is 9.49 Å². The molecule has 0 aromatic heterocycles. The smallest absolute Gasteiger partial charge is 0.322 e. The summed E-state index contributed by atoms with van der Waals surface area (Å²) in [7, 11) is 3.19. The lowest BCUT2D eigenvalue weighted by molar-refractivity contribution is -0.145. The maximum Gasteiger partial charge on any atom is 0.322 e. The third kappa shape index (κ3) is 17.6. The van der Waals surface area contributed by atoms with Crippen LogP contribution in [0.15, 0.2) is 0 Å². The van der Waals surface area contributed by atoms with Crippen molar-refractivity contribution in [2.45, 2.75) is 76.7 Å². The van der Waals surface area contributed by atoms with Gasteiger partial charge in [0.1, 0.15) is 29.8 Å². The van der Waals surface area contributed by atoms with Crippen molar-refractivity contribution in [2.75, 3.05) is 36.2 Å². The fourth-order valence-corrected chi connectivity index (χ4v) is 9.90. The van der Waals surface area contributed by atoms with Crippen molar-refractivity contribution in [3.05, 3.63) is 0 Å². The van der Waals surface area contributed by atoms with Gasteiger partial charge in [-0.3, -0.25) is 9.59 Å². The summed E-state index contributed by atoms with van der Waals surface area (Å²) in [5.41, 5.74) is 0. The second kappa shape index (κ2) is 20.2.